The first kappa shape index (κ1) is 11.1. The van der Waals surface area contributed by atoms with Crippen molar-refractivity contribution in [2.24, 2.45) is 5.73 Å². The zero-order valence-electron chi connectivity index (χ0n) is 9.35. The largest absolute Gasteiger partial charge is 0.333 e. The minimum atomic E-state index is 0.0230. The zero-order chi connectivity index (χ0) is 11.4. The summed E-state index contributed by atoms with van der Waals surface area (Å²) in [5.41, 5.74) is 6.12. The molecular weight excluding hydrogens is 204 g/mol. The molecule has 0 radical (unpaired) electrons. The van der Waals surface area contributed by atoms with E-state index in [1.807, 2.05) is 4.90 Å². The molecule has 0 spiro atoms. The number of hydrogen-bond acceptors (Lipinski definition) is 3. The fourth-order valence-electron chi connectivity index (χ4n) is 2.33. The molecule has 3 N–H and O–H groups in total. The van der Waals surface area contributed by atoms with E-state index in [-0.39, 0.29) is 5.91 Å². The molecular formula is C11H18N4O. The van der Waals surface area contributed by atoms with E-state index in [0.717, 1.165) is 12.8 Å². The second-order valence-electron chi connectivity index (χ2n) is 4.20. The molecule has 0 aromatic carbocycles. The van der Waals surface area contributed by atoms with Crippen LogP contribution in [0.15, 0.2) is 12.3 Å². The summed E-state index contributed by atoms with van der Waals surface area (Å²) in [4.78, 5) is 14.1. The van der Waals surface area contributed by atoms with Crippen molar-refractivity contribution in [3.8, 4) is 0 Å². The first-order valence-corrected chi connectivity index (χ1v) is 5.83. The van der Waals surface area contributed by atoms with Crippen molar-refractivity contribution in [3.63, 3.8) is 0 Å². The van der Waals surface area contributed by atoms with E-state index < -0.39 is 0 Å². The number of carbonyl (C=O) groups is 1. The van der Waals surface area contributed by atoms with Crippen LogP contribution in [0.4, 0.5) is 0 Å². The summed E-state index contributed by atoms with van der Waals surface area (Å²) in [6.07, 6.45) is 6.21. The molecule has 0 aliphatic heterocycles. The van der Waals surface area contributed by atoms with Crippen LogP contribution in [0.1, 0.15) is 36.2 Å². The standard InChI is InChI=1S/C11H18N4O/c12-6-8-15(9-3-1-2-4-9)11(16)10-5-7-13-14-10/h5,7,9H,1-4,6,8,12H2,(H,13,14). The van der Waals surface area contributed by atoms with E-state index in [0.29, 0.717) is 24.8 Å². The molecule has 0 unspecified atom stereocenters. The second kappa shape index (κ2) is 5.12. The quantitative estimate of drug-likeness (QED) is 0.789. The lowest BCUT2D eigenvalue weighted by Gasteiger charge is -2.27. The van der Waals surface area contributed by atoms with Gasteiger partial charge in [-0.15, -0.1) is 0 Å². The van der Waals surface area contributed by atoms with E-state index in [4.69, 9.17) is 5.73 Å². The Morgan fingerprint density at radius 1 is 1.56 bits per heavy atom. The molecule has 88 valence electrons. The van der Waals surface area contributed by atoms with Crippen LogP contribution < -0.4 is 5.73 Å². The van der Waals surface area contributed by atoms with Crippen molar-refractivity contribution in [1.29, 1.82) is 0 Å². The van der Waals surface area contributed by atoms with Gasteiger partial charge in [-0.2, -0.15) is 5.10 Å². The summed E-state index contributed by atoms with van der Waals surface area (Å²) in [5, 5.41) is 6.53. The highest BCUT2D eigenvalue weighted by Gasteiger charge is 2.27. The van der Waals surface area contributed by atoms with Crippen molar-refractivity contribution in [2.45, 2.75) is 31.7 Å². The molecule has 5 heteroatoms. The number of hydrogen-bond donors (Lipinski definition) is 2. The highest BCUT2D eigenvalue weighted by Crippen LogP contribution is 2.24. The Morgan fingerprint density at radius 3 is 2.88 bits per heavy atom. The molecule has 0 bridgehead atoms. The van der Waals surface area contributed by atoms with Crippen molar-refractivity contribution < 1.29 is 4.79 Å². The highest BCUT2D eigenvalue weighted by atomic mass is 16.2. The van der Waals surface area contributed by atoms with E-state index in [1.165, 1.54) is 12.8 Å². The minimum Gasteiger partial charge on any atom is -0.333 e. The lowest BCUT2D eigenvalue weighted by Crippen LogP contribution is -2.42. The topological polar surface area (TPSA) is 75.0 Å². The van der Waals surface area contributed by atoms with Gasteiger partial charge in [0.15, 0.2) is 0 Å². The number of aromatic amines is 1. The molecule has 1 fully saturated rings. The number of H-pyrrole nitrogens is 1. The molecule has 1 amide bonds. The van der Waals surface area contributed by atoms with Crippen molar-refractivity contribution >= 4 is 5.91 Å². The molecule has 2 rings (SSSR count). The number of aromatic nitrogens is 2. The fraction of sp³-hybridized carbons (Fsp3) is 0.636. The van der Waals surface area contributed by atoms with Crippen molar-refractivity contribution in [2.75, 3.05) is 13.1 Å². The number of amides is 1. The Kier molecular flexibility index (Phi) is 3.56. The Labute approximate surface area is 95.0 Å². The first-order chi connectivity index (χ1) is 7.83. The SMILES string of the molecule is NCCN(C(=O)c1ccn[nH]1)C1CCCC1. The monoisotopic (exact) mass is 222 g/mol. The minimum absolute atomic E-state index is 0.0230. The number of nitrogens with zero attached hydrogens (tertiary/aromatic N) is 2. The number of nitrogens with one attached hydrogen (secondary N) is 1. The van der Waals surface area contributed by atoms with Gasteiger partial charge in [-0.05, 0) is 18.9 Å². The van der Waals surface area contributed by atoms with Crippen LogP contribution >= 0.6 is 0 Å². The second-order valence-corrected chi connectivity index (χ2v) is 4.20. The van der Waals surface area contributed by atoms with Crippen LogP contribution in [0.5, 0.6) is 0 Å². The molecule has 16 heavy (non-hydrogen) atoms. The summed E-state index contributed by atoms with van der Waals surface area (Å²) < 4.78 is 0. The van der Waals surface area contributed by atoms with Gasteiger partial charge in [0.1, 0.15) is 5.69 Å². The van der Waals surface area contributed by atoms with E-state index in [9.17, 15) is 4.79 Å². The van der Waals surface area contributed by atoms with E-state index in [2.05, 4.69) is 10.2 Å². The summed E-state index contributed by atoms with van der Waals surface area (Å²) in [7, 11) is 0. The van der Waals surface area contributed by atoms with Gasteiger partial charge in [0.2, 0.25) is 0 Å². The third-order valence-electron chi connectivity index (χ3n) is 3.13. The molecule has 0 saturated heterocycles. The smallest absolute Gasteiger partial charge is 0.272 e. The predicted octanol–water partition coefficient (Wildman–Crippen LogP) is 0.753. The molecule has 0 atom stereocenters. The van der Waals surface area contributed by atoms with Gasteiger partial charge in [0.25, 0.3) is 5.91 Å². The normalized spacial score (nSPS) is 16.6. The van der Waals surface area contributed by atoms with Crippen LogP contribution in [0.2, 0.25) is 0 Å². The lowest BCUT2D eigenvalue weighted by atomic mass is 10.2. The summed E-state index contributed by atoms with van der Waals surface area (Å²) in [6, 6.07) is 2.07. The van der Waals surface area contributed by atoms with E-state index in [1.54, 1.807) is 12.3 Å². The molecule has 1 heterocycles. The third kappa shape index (κ3) is 2.24. The van der Waals surface area contributed by atoms with Gasteiger partial charge in [-0.25, -0.2) is 0 Å². The Morgan fingerprint density at radius 2 is 2.31 bits per heavy atom. The van der Waals surface area contributed by atoms with Crippen molar-refractivity contribution in [1.82, 2.24) is 15.1 Å². The van der Waals surface area contributed by atoms with Crippen molar-refractivity contribution in [3.05, 3.63) is 18.0 Å². The molecule has 1 saturated carbocycles. The van der Waals surface area contributed by atoms with Crippen LogP contribution in [-0.2, 0) is 0 Å². The Balaban J connectivity index is 2.09. The van der Waals surface area contributed by atoms with Gasteiger partial charge in [-0.3, -0.25) is 9.89 Å². The first-order valence-electron chi connectivity index (χ1n) is 5.83. The molecule has 1 aliphatic rings. The van der Waals surface area contributed by atoms with Crippen LogP contribution in [0, 0.1) is 0 Å². The van der Waals surface area contributed by atoms with Crippen LogP contribution in [-0.4, -0.2) is 40.1 Å². The average molecular weight is 222 g/mol. The average Bonchev–Trinajstić information content (AvgIpc) is 2.96. The predicted molar refractivity (Wildman–Crippen MR) is 60.9 cm³/mol. The van der Waals surface area contributed by atoms with Crippen LogP contribution in [0.3, 0.4) is 0 Å². The molecule has 1 aliphatic carbocycles. The summed E-state index contributed by atoms with van der Waals surface area (Å²) >= 11 is 0. The molecule has 5 nitrogen and oxygen atoms in total. The Hall–Kier alpha value is -1.36. The number of rotatable bonds is 4. The fourth-order valence-corrected chi connectivity index (χ4v) is 2.33. The molecule has 1 aromatic heterocycles. The van der Waals surface area contributed by atoms with Gasteiger partial charge in [0.05, 0.1) is 0 Å². The third-order valence-corrected chi connectivity index (χ3v) is 3.13. The van der Waals surface area contributed by atoms with Gasteiger partial charge >= 0.3 is 0 Å². The summed E-state index contributed by atoms with van der Waals surface area (Å²) in [6.45, 7) is 1.14. The van der Waals surface area contributed by atoms with Gasteiger partial charge in [-0.1, -0.05) is 12.8 Å². The maximum Gasteiger partial charge on any atom is 0.272 e. The van der Waals surface area contributed by atoms with Crippen LogP contribution in [0.25, 0.3) is 0 Å². The van der Waals surface area contributed by atoms with Gasteiger partial charge in [0, 0.05) is 25.3 Å². The lowest BCUT2D eigenvalue weighted by molar-refractivity contribution is 0.0682. The maximum absolute atomic E-state index is 12.2. The number of nitrogens with two attached hydrogens (primary N) is 1. The zero-order valence-corrected chi connectivity index (χ0v) is 9.35. The summed E-state index contributed by atoms with van der Waals surface area (Å²) in [5.74, 6) is 0.0230. The number of carbonyl (C=O) groups excluding carboxylic acids is 1. The van der Waals surface area contributed by atoms with E-state index >= 15 is 0 Å². The highest BCUT2D eigenvalue weighted by molar-refractivity contribution is 5.92. The maximum atomic E-state index is 12.2. The van der Waals surface area contributed by atoms with Gasteiger partial charge < -0.3 is 10.6 Å². The molecule has 1 aromatic rings. The Bertz CT molecular complexity index is 330.